The average molecular weight is 826 g/mol. The number of hydrogen-bond donors (Lipinski definition) is 0. The molecule has 0 spiro atoms. The summed E-state index contributed by atoms with van der Waals surface area (Å²) in [5.74, 6) is 0. The SMILES string of the molecule is I.I.I.I.I.[Re]. The minimum Gasteiger partial charge on any atom is -0.107 e. The van der Waals surface area contributed by atoms with Crippen molar-refractivity contribution in [2.45, 2.75) is 0 Å². The van der Waals surface area contributed by atoms with Crippen molar-refractivity contribution in [3.05, 3.63) is 0 Å². The number of halogens is 5. The summed E-state index contributed by atoms with van der Waals surface area (Å²) >= 11 is 0. The minimum atomic E-state index is 0. The third-order valence-electron chi connectivity index (χ3n) is 0. The summed E-state index contributed by atoms with van der Waals surface area (Å²) in [6.45, 7) is 0. The molecule has 1 radical (unpaired) electrons. The van der Waals surface area contributed by atoms with E-state index in [0.29, 0.717) is 0 Å². The summed E-state index contributed by atoms with van der Waals surface area (Å²) in [6.07, 6.45) is 0. The van der Waals surface area contributed by atoms with Crippen molar-refractivity contribution in [1.82, 2.24) is 0 Å². The summed E-state index contributed by atoms with van der Waals surface area (Å²) in [5, 5.41) is 0. The maximum atomic E-state index is 0. The Hall–Kier alpha value is 4.31. The molecule has 0 unspecified atom stereocenters. The topological polar surface area (TPSA) is 0 Å². The molecule has 0 saturated carbocycles. The molecule has 0 nitrogen and oxygen atoms in total. The van der Waals surface area contributed by atoms with Gasteiger partial charge in [-0.05, 0) is 0 Å². The Balaban J connectivity index is 0. The van der Waals surface area contributed by atoms with Crippen LogP contribution in [0.4, 0.5) is 0 Å². The Labute approximate surface area is 137 Å². The Bertz CT molecular complexity index is 3.90. The van der Waals surface area contributed by atoms with Gasteiger partial charge in [0.2, 0.25) is 0 Å². The quantitative estimate of drug-likeness (QED) is 0.330. The maximum Gasteiger partial charge on any atom is 0 e. The van der Waals surface area contributed by atoms with Gasteiger partial charge in [-0.2, -0.15) is 0 Å². The number of rotatable bonds is 0. The van der Waals surface area contributed by atoms with E-state index < -0.39 is 0 Å². The Morgan fingerprint density at radius 1 is 0.333 bits per heavy atom. The van der Waals surface area contributed by atoms with E-state index in [1.165, 1.54) is 0 Å². The van der Waals surface area contributed by atoms with Crippen LogP contribution in [0.3, 0.4) is 0 Å². The van der Waals surface area contributed by atoms with Crippen LogP contribution in [0, 0.1) is 0 Å². The number of hydrogen-bond acceptors (Lipinski definition) is 0. The van der Waals surface area contributed by atoms with Crippen LogP contribution in [0.2, 0.25) is 0 Å². The Morgan fingerprint density at radius 3 is 0.333 bits per heavy atom. The summed E-state index contributed by atoms with van der Waals surface area (Å²) in [4.78, 5) is 0. The van der Waals surface area contributed by atoms with Crippen LogP contribution in [-0.4, -0.2) is 0 Å². The van der Waals surface area contributed by atoms with Crippen LogP contribution in [0.15, 0.2) is 0 Å². The van der Waals surface area contributed by atoms with Gasteiger partial charge in [-0.1, -0.05) is 0 Å². The van der Waals surface area contributed by atoms with Crippen molar-refractivity contribution in [3.63, 3.8) is 0 Å². The van der Waals surface area contributed by atoms with E-state index in [1.807, 2.05) is 0 Å². The standard InChI is InChI=1S/5HI.Re/h5*1H;. The molecule has 0 aliphatic rings. The molecule has 6 heavy (non-hydrogen) atoms. The first kappa shape index (κ1) is 48.1. The fourth-order valence-corrected chi connectivity index (χ4v) is 0. The van der Waals surface area contributed by atoms with Gasteiger partial charge in [0, 0.05) is 20.4 Å². The molecule has 0 atom stereocenters. The summed E-state index contributed by atoms with van der Waals surface area (Å²) in [5.41, 5.74) is 0. The van der Waals surface area contributed by atoms with Crippen LogP contribution in [-0.2, 0) is 20.4 Å². The second kappa shape index (κ2) is 34.6. The van der Waals surface area contributed by atoms with Crippen LogP contribution in [0.25, 0.3) is 0 Å². The van der Waals surface area contributed by atoms with Crippen LogP contribution < -0.4 is 0 Å². The van der Waals surface area contributed by atoms with Gasteiger partial charge in [-0.15, -0.1) is 120 Å². The Morgan fingerprint density at radius 2 is 0.333 bits per heavy atom. The van der Waals surface area contributed by atoms with E-state index in [2.05, 4.69) is 0 Å². The zero-order valence-electron chi connectivity index (χ0n) is 2.42. The van der Waals surface area contributed by atoms with Gasteiger partial charge in [-0.3, -0.25) is 0 Å². The van der Waals surface area contributed by atoms with Gasteiger partial charge in [0.15, 0.2) is 0 Å². The molecule has 0 aliphatic carbocycles. The van der Waals surface area contributed by atoms with Gasteiger partial charge in [0.05, 0.1) is 0 Å². The summed E-state index contributed by atoms with van der Waals surface area (Å²) < 4.78 is 0. The molecule has 0 aromatic carbocycles. The van der Waals surface area contributed by atoms with Crippen molar-refractivity contribution >= 4 is 120 Å². The molecule has 0 saturated heterocycles. The third-order valence-corrected chi connectivity index (χ3v) is 0. The second-order valence-electron chi connectivity index (χ2n) is 0. The molecular formula is H5I5Re. The van der Waals surface area contributed by atoms with E-state index in [0.717, 1.165) is 0 Å². The predicted octanol–water partition coefficient (Wildman–Crippen LogP) is 3.09. The molecule has 47 valence electrons. The van der Waals surface area contributed by atoms with Gasteiger partial charge < -0.3 is 0 Å². The molecule has 0 N–H and O–H groups in total. The predicted molar refractivity (Wildman–Crippen MR) is 77.1 cm³/mol. The molecular weight excluding hydrogens is 821 g/mol. The van der Waals surface area contributed by atoms with Crippen LogP contribution >= 0.6 is 120 Å². The molecule has 0 rings (SSSR count). The zero-order valence-corrected chi connectivity index (χ0v) is 16.8. The molecule has 0 aromatic rings. The fourth-order valence-electron chi connectivity index (χ4n) is 0. The normalized spacial score (nSPS) is 0. The minimum absolute atomic E-state index is 0. The first-order valence-corrected chi connectivity index (χ1v) is 0. The third kappa shape index (κ3) is 23.9. The second-order valence-corrected chi connectivity index (χ2v) is 0. The van der Waals surface area contributed by atoms with Crippen molar-refractivity contribution in [2.75, 3.05) is 0 Å². The molecule has 0 aromatic heterocycles. The average Bonchev–Trinajstić information content (AvgIpc) is 0. The first-order valence-electron chi connectivity index (χ1n) is 0. The van der Waals surface area contributed by atoms with Crippen molar-refractivity contribution in [1.29, 1.82) is 0 Å². The van der Waals surface area contributed by atoms with Crippen molar-refractivity contribution in [2.24, 2.45) is 0 Å². The molecule has 0 aliphatic heterocycles. The van der Waals surface area contributed by atoms with E-state index >= 15 is 0 Å². The first-order chi connectivity index (χ1) is 0. The summed E-state index contributed by atoms with van der Waals surface area (Å²) in [7, 11) is 0. The summed E-state index contributed by atoms with van der Waals surface area (Å²) in [6, 6.07) is 0. The van der Waals surface area contributed by atoms with E-state index in [9.17, 15) is 0 Å². The van der Waals surface area contributed by atoms with Crippen molar-refractivity contribution < 1.29 is 20.4 Å². The zero-order chi connectivity index (χ0) is 0. The van der Waals surface area contributed by atoms with Gasteiger partial charge in [0.1, 0.15) is 0 Å². The molecule has 0 fully saturated rings. The molecule has 0 amide bonds. The van der Waals surface area contributed by atoms with Crippen LogP contribution in [0.1, 0.15) is 0 Å². The Kier molecular flexibility index (Phi) is 277. The van der Waals surface area contributed by atoms with E-state index in [1.54, 1.807) is 0 Å². The largest absolute Gasteiger partial charge is 0.107 e. The van der Waals surface area contributed by atoms with E-state index in [4.69, 9.17) is 0 Å². The van der Waals surface area contributed by atoms with E-state index in [-0.39, 0.29) is 140 Å². The monoisotopic (exact) mass is 827 g/mol. The smallest absolute Gasteiger partial charge is 0 e. The van der Waals surface area contributed by atoms with Gasteiger partial charge in [0.25, 0.3) is 0 Å². The van der Waals surface area contributed by atoms with Crippen LogP contribution in [0.5, 0.6) is 0 Å². The van der Waals surface area contributed by atoms with Crippen molar-refractivity contribution in [3.8, 4) is 0 Å². The van der Waals surface area contributed by atoms with Gasteiger partial charge >= 0.3 is 0 Å². The molecule has 0 bridgehead atoms. The molecule has 6 heteroatoms. The molecule has 0 heterocycles. The fraction of sp³-hybridized carbons (Fsp3) is 0. The van der Waals surface area contributed by atoms with Gasteiger partial charge in [-0.25, -0.2) is 0 Å². The maximum absolute atomic E-state index is 0.